The van der Waals surface area contributed by atoms with Crippen molar-refractivity contribution in [2.75, 3.05) is 6.61 Å². The van der Waals surface area contributed by atoms with Crippen LogP contribution in [0.15, 0.2) is 18.2 Å². The van der Waals surface area contributed by atoms with Gasteiger partial charge < -0.3 is 4.74 Å². The van der Waals surface area contributed by atoms with Crippen molar-refractivity contribution in [2.24, 2.45) is 0 Å². The van der Waals surface area contributed by atoms with Crippen LogP contribution in [-0.4, -0.2) is 17.8 Å². The molecule has 0 spiro atoms. The first-order valence-corrected chi connectivity index (χ1v) is 7.16. The van der Waals surface area contributed by atoms with Gasteiger partial charge in [-0.15, -0.1) is 11.6 Å². The molecule has 1 unspecified atom stereocenters. The fourth-order valence-electron chi connectivity index (χ4n) is 1.74. The number of halogens is 1. The highest BCUT2D eigenvalue weighted by atomic mass is 35.5. The van der Waals surface area contributed by atoms with Crippen LogP contribution in [0.2, 0.25) is 0 Å². The molecule has 0 saturated heterocycles. The molecule has 0 aromatic heterocycles. The number of benzene rings is 1. The van der Waals surface area contributed by atoms with Crippen molar-refractivity contribution in [3.8, 4) is 5.75 Å². The molecule has 0 fully saturated rings. The van der Waals surface area contributed by atoms with Crippen molar-refractivity contribution in [3.05, 3.63) is 29.3 Å². The van der Waals surface area contributed by atoms with Gasteiger partial charge in [0.05, 0.1) is 17.5 Å². The maximum atomic E-state index is 12.2. The van der Waals surface area contributed by atoms with Gasteiger partial charge in [-0.3, -0.25) is 4.79 Å². The molecule has 1 aromatic carbocycles. The Morgan fingerprint density at radius 2 is 2.00 bits per heavy atom. The zero-order chi connectivity index (χ0) is 14.6. The number of hydrogen-bond acceptors (Lipinski definition) is 2. The molecule has 1 atom stereocenters. The lowest BCUT2D eigenvalue weighted by Crippen LogP contribution is -2.16. The molecule has 1 aromatic rings. The molecule has 19 heavy (non-hydrogen) atoms. The number of Topliss-reactive ketones (excluding diaryl/α,β-unsaturated/α-hetero) is 1. The fourth-order valence-corrected chi connectivity index (χ4v) is 1.86. The van der Waals surface area contributed by atoms with Crippen molar-refractivity contribution in [1.82, 2.24) is 0 Å². The van der Waals surface area contributed by atoms with Crippen molar-refractivity contribution < 1.29 is 9.53 Å². The summed E-state index contributed by atoms with van der Waals surface area (Å²) in [4.78, 5) is 12.2. The van der Waals surface area contributed by atoms with E-state index < -0.39 is 5.38 Å². The van der Waals surface area contributed by atoms with Crippen LogP contribution in [0.1, 0.15) is 57.0 Å². The number of ether oxygens (including phenoxy) is 1. The number of carbonyl (C=O) groups is 1. The van der Waals surface area contributed by atoms with Crippen LogP contribution in [0.3, 0.4) is 0 Å². The van der Waals surface area contributed by atoms with Crippen LogP contribution in [0, 0.1) is 0 Å². The molecule has 0 heterocycles. The Bertz CT molecular complexity index is 445. The zero-order valence-corrected chi connectivity index (χ0v) is 13.2. The number of carbonyl (C=O) groups excluding carboxylic acids is 1. The largest absolute Gasteiger partial charge is 0.493 e. The first-order valence-electron chi connectivity index (χ1n) is 6.73. The Labute approximate surface area is 121 Å². The molecule has 0 saturated carbocycles. The van der Waals surface area contributed by atoms with E-state index in [1.165, 1.54) is 0 Å². The van der Waals surface area contributed by atoms with Gasteiger partial charge in [-0.05, 0) is 36.5 Å². The first kappa shape index (κ1) is 16.0. The highest BCUT2D eigenvalue weighted by molar-refractivity contribution is 6.33. The Morgan fingerprint density at radius 3 is 2.47 bits per heavy atom. The van der Waals surface area contributed by atoms with Gasteiger partial charge in [0.15, 0.2) is 5.78 Å². The van der Waals surface area contributed by atoms with E-state index in [9.17, 15) is 4.79 Å². The van der Waals surface area contributed by atoms with Crippen molar-refractivity contribution in [2.45, 2.75) is 51.8 Å². The molecule has 0 aliphatic rings. The third-order valence-corrected chi connectivity index (χ3v) is 3.13. The summed E-state index contributed by atoms with van der Waals surface area (Å²) in [6.45, 7) is 10.7. The second-order valence-corrected chi connectivity index (χ2v) is 6.44. The van der Waals surface area contributed by atoms with E-state index in [-0.39, 0.29) is 11.2 Å². The van der Waals surface area contributed by atoms with Crippen LogP contribution in [0.5, 0.6) is 5.75 Å². The summed E-state index contributed by atoms with van der Waals surface area (Å²) >= 11 is 5.93. The molecule has 0 aliphatic heterocycles. The van der Waals surface area contributed by atoms with Gasteiger partial charge in [-0.1, -0.05) is 33.8 Å². The summed E-state index contributed by atoms with van der Waals surface area (Å²) in [6.07, 6.45) is 0.908. The van der Waals surface area contributed by atoms with Gasteiger partial charge in [-0.25, -0.2) is 0 Å². The van der Waals surface area contributed by atoms with Crippen molar-refractivity contribution in [1.29, 1.82) is 0 Å². The van der Waals surface area contributed by atoms with E-state index in [2.05, 4.69) is 20.8 Å². The topological polar surface area (TPSA) is 26.3 Å². The van der Waals surface area contributed by atoms with E-state index in [0.717, 1.165) is 12.0 Å². The molecule has 3 heteroatoms. The van der Waals surface area contributed by atoms with Gasteiger partial charge in [0.25, 0.3) is 0 Å². The summed E-state index contributed by atoms with van der Waals surface area (Å²) in [6, 6.07) is 5.80. The Morgan fingerprint density at radius 1 is 1.37 bits per heavy atom. The molecule has 2 nitrogen and oxygen atoms in total. The monoisotopic (exact) mass is 282 g/mol. The molecule has 0 radical (unpaired) electrons. The van der Waals surface area contributed by atoms with Crippen molar-refractivity contribution in [3.63, 3.8) is 0 Å². The number of rotatable bonds is 5. The second-order valence-electron chi connectivity index (χ2n) is 5.79. The molecular formula is C16H23ClO2. The van der Waals surface area contributed by atoms with Crippen LogP contribution in [0.25, 0.3) is 0 Å². The summed E-state index contributed by atoms with van der Waals surface area (Å²) in [5.74, 6) is 0.547. The number of alkyl halides is 1. The second kappa shape index (κ2) is 6.42. The normalized spacial score (nSPS) is 13.2. The first-order chi connectivity index (χ1) is 8.77. The van der Waals surface area contributed by atoms with Gasteiger partial charge >= 0.3 is 0 Å². The molecule has 0 aliphatic carbocycles. The zero-order valence-electron chi connectivity index (χ0n) is 12.4. The standard InChI is InChI=1S/C16H23ClO2/c1-6-9-19-14-8-7-12(16(3,4)5)10-13(14)15(18)11(2)17/h7-8,10-11H,6,9H2,1-5H3. The predicted octanol–water partition coefficient (Wildman–Crippen LogP) is 4.58. The van der Waals surface area contributed by atoms with Crippen LogP contribution < -0.4 is 4.74 Å². The van der Waals surface area contributed by atoms with E-state index in [4.69, 9.17) is 16.3 Å². The van der Waals surface area contributed by atoms with Crippen LogP contribution in [-0.2, 0) is 5.41 Å². The predicted molar refractivity (Wildman–Crippen MR) is 80.6 cm³/mol. The maximum Gasteiger partial charge on any atom is 0.184 e. The Balaban J connectivity index is 3.22. The maximum absolute atomic E-state index is 12.2. The van der Waals surface area contributed by atoms with E-state index in [1.54, 1.807) is 6.92 Å². The molecule has 0 amide bonds. The van der Waals surface area contributed by atoms with Crippen LogP contribution in [0.4, 0.5) is 0 Å². The fraction of sp³-hybridized carbons (Fsp3) is 0.562. The van der Waals surface area contributed by atoms with E-state index in [1.807, 2.05) is 25.1 Å². The van der Waals surface area contributed by atoms with Gasteiger partial charge in [0, 0.05) is 0 Å². The lowest BCUT2D eigenvalue weighted by atomic mass is 9.85. The summed E-state index contributed by atoms with van der Waals surface area (Å²) in [5.41, 5.74) is 1.69. The molecule has 0 bridgehead atoms. The third-order valence-electron chi connectivity index (χ3n) is 2.93. The summed E-state index contributed by atoms with van der Waals surface area (Å²) in [5, 5.41) is -0.542. The molecular weight excluding hydrogens is 260 g/mol. The Kier molecular flexibility index (Phi) is 5.42. The minimum atomic E-state index is -0.542. The van der Waals surface area contributed by atoms with Crippen molar-refractivity contribution >= 4 is 17.4 Å². The van der Waals surface area contributed by atoms with E-state index in [0.29, 0.717) is 17.9 Å². The highest BCUT2D eigenvalue weighted by Crippen LogP contribution is 2.29. The van der Waals surface area contributed by atoms with Gasteiger partial charge in [-0.2, -0.15) is 0 Å². The minimum Gasteiger partial charge on any atom is -0.493 e. The molecule has 106 valence electrons. The SMILES string of the molecule is CCCOc1ccc(C(C)(C)C)cc1C(=O)C(C)Cl. The summed E-state index contributed by atoms with van der Waals surface area (Å²) < 4.78 is 5.65. The minimum absolute atomic E-state index is 0.00608. The van der Waals surface area contributed by atoms with E-state index >= 15 is 0 Å². The average molecular weight is 283 g/mol. The molecule has 1 rings (SSSR count). The van der Waals surface area contributed by atoms with Crippen LogP contribution >= 0.6 is 11.6 Å². The van der Waals surface area contributed by atoms with Gasteiger partial charge in [0.1, 0.15) is 5.75 Å². The highest BCUT2D eigenvalue weighted by Gasteiger charge is 2.21. The third kappa shape index (κ3) is 4.24. The number of ketones is 1. The lowest BCUT2D eigenvalue weighted by Gasteiger charge is -2.21. The quantitative estimate of drug-likeness (QED) is 0.583. The number of hydrogen-bond donors (Lipinski definition) is 0. The smallest absolute Gasteiger partial charge is 0.184 e. The average Bonchev–Trinajstić information content (AvgIpc) is 2.33. The van der Waals surface area contributed by atoms with Gasteiger partial charge in [0.2, 0.25) is 0 Å². The Hall–Kier alpha value is -1.02. The molecule has 0 N–H and O–H groups in total. The lowest BCUT2D eigenvalue weighted by molar-refractivity contribution is 0.0987. The summed E-state index contributed by atoms with van der Waals surface area (Å²) in [7, 11) is 0.